The number of hydrogen-bond donors (Lipinski definition) is 3. The number of methoxy groups -OCH3 is 1. The molecule has 0 fully saturated rings. The standard InChI is InChI=1S/C38H46O6S/c1-4-27(28-12-8-13-31(22-28)43-3)16-17-29(24-37(41)44-5-2)35(39)25-34-33(20-15-26-10-6-7-11-26)36(40)23-30(38(34)42)18-19-32-14-9-21-45-32/h4,6-10,12-14,21-23,29,35,39-40,42H,5,11,15-20,24-25H2,1-3H3. The number of phenols is 2. The first-order chi connectivity index (χ1) is 21.8. The lowest BCUT2D eigenvalue weighted by Gasteiger charge is -2.25. The highest BCUT2D eigenvalue weighted by Gasteiger charge is 2.28. The Labute approximate surface area is 271 Å². The van der Waals surface area contributed by atoms with Gasteiger partial charge in [0.1, 0.15) is 17.2 Å². The second-order valence-electron chi connectivity index (χ2n) is 11.5. The topological polar surface area (TPSA) is 96.2 Å². The van der Waals surface area contributed by atoms with Crippen molar-refractivity contribution in [3.63, 3.8) is 0 Å². The van der Waals surface area contributed by atoms with Gasteiger partial charge >= 0.3 is 5.97 Å². The lowest BCUT2D eigenvalue weighted by atomic mass is 9.84. The lowest BCUT2D eigenvalue weighted by molar-refractivity contribution is -0.145. The van der Waals surface area contributed by atoms with E-state index in [0.717, 1.165) is 36.1 Å². The van der Waals surface area contributed by atoms with Gasteiger partial charge < -0.3 is 24.8 Å². The summed E-state index contributed by atoms with van der Waals surface area (Å²) in [5.74, 6) is 0.246. The van der Waals surface area contributed by atoms with Crippen LogP contribution in [0.1, 0.15) is 73.1 Å². The summed E-state index contributed by atoms with van der Waals surface area (Å²) in [7, 11) is 1.64. The Kier molecular flexibility index (Phi) is 12.9. The van der Waals surface area contributed by atoms with Gasteiger partial charge in [0.2, 0.25) is 0 Å². The van der Waals surface area contributed by atoms with E-state index in [4.69, 9.17) is 9.47 Å². The summed E-state index contributed by atoms with van der Waals surface area (Å²) < 4.78 is 10.7. The number of aromatic hydroxyl groups is 2. The quantitative estimate of drug-likeness (QED) is 0.103. The van der Waals surface area contributed by atoms with Crippen LogP contribution in [0.3, 0.4) is 0 Å². The molecule has 240 valence electrons. The molecule has 3 aromatic rings. The fourth-order valence-corrected chi connectivity index (χ4v) is 6.74. The van der Waals surface area contributed by atoms with E-state index in [2.05, 4.69) is 18.2 Å². The summed E-state index contributed by atoms with van der Waals surface area (Å²) in [6.45, 7) is 4.02. The van der Waals surface area contributed by atoms with Crippen LogP contribution in [0.4, 0.5) is 0 Å². The average Bonchev–Trinajstić information content (AvgIpc) is 3.76. The minimum absolute atomic E-state index is 0.0583. The van der Waals surface area contributed by atoms with Crippen molar-refractivity contribution in [3.8, 4) is 17.2 Å². The first-order valence-electron chi connectivity index (χ1n) is 15.9. The van der Waals surface area contributed by atoms with Gasteiger partial charge in [-0.1, -0.05) is 48.1 Å². The SMILES string of the molecule is CC=C(CCC(CC(=O)OCC)C(O)Cc1c(O)c(CCc2cccs2)cc(O)c1CCC1=CC=CC1)c1cccc(OC)c1. The Balaban J connectivity index is 1.60. The minimum atomic E-state index is -0.943. The van der Waals surface area contributed by atoms with Crippen LogP contribution in [-0.4, -0.2) is 41.1 Å². The monoisotopic (exact) mass is 630 g/mol. The third-order valence-electron chi connectivity index (χ3n) is 8.60. The predicted molar refractivity (Wildman–Crippen MR) is 182 cm³/mol. The van der Waals surface area contributed by atoms with Crippen LogP contribution in [0, 0.1) is 5.92 Å². The molecule has 3 N–H and O–H groups in total. The molecule has 0 spiro atoms. The highest BCUT2D eigenvalue weighted by Crippen LogP contribution is 2.38. The molecule has 0 saturated carbocycles. The molecule has 0 amide bonds. The highest BCUT2D eigenvalue weighted by atomic mass is 32.1. The number of aryl methyl sites for hydroxylation is 2. The molecule has 7 heteroatoms. The maximum atomic E-state index is 12.7. The summed E-state index contributed by atoms with van der Waals surface area (Å²) in [5.41, 5.74) is 5.25. The van der Waals surface area contributed by atoms with Gasteiger partial charge in [-0.3, -0.25) is 4.79 Å². The molecular formula is C38H46O6S. The Morgan fingerprint density at radius 2 is 1.91 bits per heavy atom. The fraction of sp³-hybridized carbons (Fsp3) is 0.395. The molecule has 6 nitrogen and oxygen atoms in total. The van der Waals surface area contributed by atoms with E-state index in [1.54, 1.807) is 31.4 Å². The molecule has 2 aromatic carbocycles. The summed E-state index contributed by atoms with van der Waals surface area (Å²) in [4.78, 5) is 13.9. The van der Waals surface area contributed by atoms with E-state index in [9.17, 15) is 20.1 Å². The molecule has 45 heavy (non-hydrogen) atoms. The van der Waals surface area contributed by atoms with E-state index in [0.29, 0.717) is 42.4 Å². The van der Waals surface area contributed by atoms with Crippen LogP contribution < -0.4 is 4.74 Å². The summed E-state index contributed by atoms with van der Waals surface area (Å²) in [5, 5.41) is 36.6. The average molecular weight is 631 g/mol. The van der Waals surface area contributed by atoms with Crippen molar-refractivity contribution in [2.24, 2.45) is 5.92 Å². The largest absolute Gasteiger partial charge is 0.508 e. The third kappa shape index (κ3) is 9.59. The number of rotatable bonds is 17. The zero-order valence-electron chi connectivity index (χ0n) is 26.6. The van der Waals surface area contributed by atoms with Crippen molar-refractivity contribution in [1.29, 1.82) is 0 Å². The number of phenolic OH excluding ortho intramolecular Hbond substituents is 2. The zero-order chi connectivity index (χ0) is 32.2. The molecule has 4 rings (SSSR count). The van der Waals surface area contributed by atoms with E-state index in [1.165, 1.54) is 10.5 Å². The molecule has 0 bridgehead atoms. The van der Waals surface area contributed by atoms with E-state index in [1.807, 2.05) is 54.8 Å². The molecule has 2 atom stereocenters. The van der Waals surface area contributed by atoms with Crippen LogP contribution in [0.25, 0.3) is 5.57 Å². The van der Waals surface area contributed by atoms with Crippen LogP contribution in [0.2, 0.25) is 0 Å². The van der Waals surface area contributed by atoms with Crippen LogP contribution >= 0.6 is 11.3 Å². The molecule has 1 aliphatic carbocycles. The Bertz CT molecular complexity index is 1500. The number of ether oxygens (including phenoxy) is 2. The minimum Gasteiger partial charge on any atom is -0.508 e. The predicted octanol–water partition coefficient (Wildman–Crippen LogP) is 8.13. The van der Waals surface area contributed by atoms with Gasteiger partial charge in [-0.25, -0.2) is 0 Å². The Morgan fingerprint density at radius 3 is 2.60 bits per heavy atom. The molecule has 0 aliphatic heterocycles. The van der Waals surface area contributed by atoms with E-state index >= 15 is 0 Å². The number of esters is 1. The van der Waals surface area contributed by atoms with Gasteiger partial charge in [0, 0.05) is 22.4 Å². The van der Waals surface area contributed by atoms with Crippen molar-refractivity contribution < 1.29 is 29.6 Å². The highest BCUT2D eigenvalue weighted by molar-refractivity contribution is 7.09. The van der Waals surface area contributed by atoms with Crippen molar-refractivity contribution >= 4 is 22.9 Å². The molecular weight excluding hydrogens is 584 g/mol. The summed E-state index contributed by atoms with van der Waals surface area (Å²) in [6, 6.07) is 13.6. The first-order valence-corrected chi connectivity index (χ1v) is 16.8. The van der Waals surface area contributed by atoms with Crippen LogP contribution in [0.15, 0.2) is 77.7 Å². The summed E-state index contributed by atoms with van der Waals surface area (Å²) in [6.07, 6.45) is 12.2. The van der Waals surface area contributed by atoms with Gasteiger partial charge in [-0.2, -0.15) is 0 Å². The number of thiophene rings is 1. The second-order valence-corrected chi connectivity index (χ2v) is 12.6. The first kappa shape index (κ1) is 34.1. The van der Waals surface area contributed by atoms with Crippen molar-refractivity contribution in [2.75, 3.05) is 13.7 Å². The van der Waals surface area contributed by atoms with Gasteiger partial charge in [0.15, 0.2) is 0 Å². The fourth-order valence-electron chi connectivity index (χ4n) is 6.04. The van der Waals surface area contributed by atoms with Crippen LogP contribution in [-0.2, 0) is 35.2 Å². The maximum Gasteiger partial charge on any atom is 0.306 e. The van der Waals surface area contributed by atoms with E-state index in [-0.39, 0.29) is 36.9 Å². The lowest BCUT2D eigenvalue weighted by Crippen LogP contribution is -2.27. The number of carbonyl (C=O) groups is 1. The number of carbonyl (C=O) groups excluding carboxylic acids is 1. The number of allylic oxidation sites excluding steroid dienone is 6. The van der Waals surface area contributed by atoms with Gasteiger partial charge in [0.25, 0.3) is 0 Å². The number of aliphatic hydroxyl groups excluding tert-OH is 1. The van der Waals surface area contributed by atoms with Gasteiger partial charge in [-0.15, -0.1) is 11.3 Å². The van der Waals surface area contributed by atoms with E-state index < -0.39 is 12.0 Å². The molecule has 1 aromatic heterocycles. The Hall–Kier alpha value is -3.81. The molecule has 0 radical (unpaired) electrons. The van der Waals surface area contributed by atoms with Gasteiger partial charge in [-0.05, 0) is 111 Å². The van der Waals surface area contributed by atoms with Crippen molar-refractivity contribution in [2.45, 2.75) is 77.7 Å². The van der Waals surface area contributed by atoms with Crippen molar-refractivity contribution in [3.05, 3.63) is 105 Å². The number of aliphatic hydroxyl groups is 1. The smallest absolute Gasteiger partial charge is 0.306 e. The van der Waals surface area contributed by atoms with Gasteiger partial charge in [0.05, 0.1) is 26.2 Å². The normalized spacial score (nSPS) is 14.3. The number of benzene rings is 2. The zero-order valence-corrected chi connectivity index (χ0v) is 27.4. The van der Waals surface area contributed by atoms with Crippen LogP contribution in [0.5, 0.6) is 17.2 Å². The third-order valence-corrected chi connectivity index (χ3v) is 9.54. The molecule has 0 saturated heterocycles. The number of hydrogen-bond acceptors (Lipinski definition) is 7. The molecule has 2 unspecified atom stereocenters. The van der Waals surface area contributed by atoms with Crippen molar-refractivity contribution in [1.82, 2.24) is 0 Å². The molecule has 1 heterocycles. The maximum absolute atomic E-state index is 12.7. The summed E-state index contributed by atoms with van der Waals surface area (Å²) >= 11 is 1.66. The molecule has 1 aliphatic rings. The Morgan fingerprint density at radius 1 is 1.07 bits per heavy atom. The second kappa shape index (κ2) is 17.0.